The molecular weight excluding hydrogens is 305 g/mol. The summed E-state index contributed by atoms with van der Waals surface area (Å²) in [6, 6.07) is 0.438. The zero-order valence-electron chi connectivity index (χ0n) is 9.25. The van der Waals surface area contributed by atoms with Crippen LogP contribution in [-0.2, 0) is 0 Å². The molecule has 5 heteroatoms. The first-order valence-electron chi connectivity index (χ1n) is 5.07. The van der Waals surface area contributed by atoms with Gasteiger partial charge in [0.05, 0.1) is 6.33 Å². The lowest BCUT2D eigenvalue weighted by molar-refractivity contribution is 0.585. The molecule has 1 aromatic heterocycles. The highest BCUT2D eigenvalue weighted by Gasteiger charge is 2.16. The van der Waals surface area contributed by atoms with Crippen molar-refractivity contribution >= 4 is 28.4 Å². The molecule has 0 unspecified atom stereocenters. The second-order valence-corrected chi connectivity index (χ2v) is 4.53. The molecular formula is C10H16IN3O. The molecule has 0 fully saturated rings. The van der Waals surface area contributed by atoms with Gasteiger partial charge in [-0.3, -0.25) is 4.79 Å². The maximum atomic E-state index is 11.4. The largest absolute Gasteiger partial charge is 0.356 e. The first kappa shape index (κ1) is 12.5. The van der Waals surface area contributed by atoms with Gasteiger partial charge in [-0.2, -0.15) is 0 Å². The number of anilines is 1. The lowest BCUT2D eigenvalue weighted by atomic mass is 10.1. The van der Waals surface area contributed by atoms with E-state index in [1.807, 2.05) is 29.6 Å². The van der Waals surface area contributed by atoms with Gasteiger partial charge in [0, 0.05) is 13.1 Å². The van der Waals surface area contributed by atoms with E-state index in [-0.39, 0.29) is 5.56 Å². The minimum Gasteiger partial charge on any atom is -0.356 e. The fraction of sp³-hybridized carbons (Fsp3) is 0.600. The van der Waals surface area contributed by atoms with Crippen LogP contribution in [0.15, 0.2) is 11.1 Å². The number of hydrogen-bond donors (Lipinski definition) is 1. The van der Waals surface area contributed by atoms with Gasteiger partial charge in [0.25, 0.3) is 5.56 Å². The van der Waals surface area contributed by atoms with Crippen LogP contribution in [0.25, 0.3) is 0 Å². The van der Waals surface area contributed by atoms with Crippen molar-refractivity contribution in [2.75, 3.05) is 11.9 Å². The van der Waals surface area contributed by atoms with Crippen molar-refractivity contribution in [2.45, 2.75) is 32.7 Å². The fourth-order valence-corrected chi connectivity index (χ4v) is 2.30. The topological polar surface area (TPSA) is 49.0 Å². The van der Waals surface area contributed by atoms with Crippen LogP contribution in [0.3, 0.4) is 0 Å². The van der Waals surface area contributed by atoms with Crippen molar-refractivity contribution in [3.05, 3.63) is 20.3 Å². The molecule has 0 saturated heterocycles. The normalized spacial score (nSPS) is 10.7. The number of halogens is 1. The molecule has 0 aliphatic heterocycles. The van der Waals surface area contributed by atoms with Crippen LogP contribution < -0.4 is 10.5 Å². The number of nitrogens with one attached hydrogen (secondary N) is 1. The third kappa shape index (κ3) is 2.70. The summed E-state index contributed by atoms with van der Waals surface area (Å²) in [5.74, 6) is 0.771. The Balaban J connectivity index is 3.05. The van der Waals surface area contributed by atoms with E-state index in [0.717, 1.165) is 18.7 Å². The van der Waals surface area contributed by atoms with E-state index in [1.165, 1.54) is 6.33 Å². The number of hydrogen-bond acceptors (Lipinski definition) is 3. The van der Waals surface area contributed by atoms with Crippen LogP contribution in [0.1, 0.15) is 26.7 Å². The molecule has 1 heterocycles. The summed E-state index contributed by atoms with van der Waals surface area (Å²) in [5.41, 5.74) is -0.0709. The van der Waals surface area contributed by atoms with Gasteiger partial charge in [0.2, 0.25) is 0 Å². The van der Waals surface area contributed by atoms with E-state index in [0.29, 0.717) is 9.61 Å². The predicted molar refractivity (Wildman–Crippen MR) is 70.3 cm³/mol. The Hall–Kier alpha value is -0.590. The van der Waals surface area contributed by atoms with Gasteiger partial charge in [0.1, 0.15) is 9.39 Å². The SMILES string of the molecule is CCC(CC)N(C)c1nc[nH]c(=O)c1I. The minimum absolute atomic E-state index is 0.0709. The molecule has 0 bridgehead atoms. The Bertz CT molecular complexity index is 373. The number of aromatic nitrogens is 2. The summed E-state index contributed by atoms with van der Waals surface area (Å²) in [6.07, 6.45) is 3.56. The summed E-state index contributed by atoms with van der Waals surface area (Å²) in [6.45, 7) is 4.29. The first-order chi connectivity index (χ1) is 7.11. The summed E-state index contributed by atoms with van der Waals surface area (Å²) in [4.78, 5) is 20.3. The van der Waals surface area contributed by atoms with Crippen LogP contribution in [0.4, 0.5) is 5.82 Å². The highest BCUT2D eigenvalue weighted by molar-refractivity contribution is 14.1. The average molecular weight is 321 g/mol. The maximum Gasteiger partial charge on any atom is 0.266 e. The molecule has 84 valence electrons. The number of rotatable bonds is 4. The lowest BCUT2D eigenvalue weighted by Crippen LogP contribution is -2.33. The zero-order chi connectivity index (χ0) is 11.4. The first-order valence-corrected chi connectivity index (χ1v) is 6.15. The molecule has 0 atom stereocenters. The maximum absolute atomic E-state index is 11.4. The summed E-state index contributed by atoms with van der Waals surface area (Å²) >= 11 is 2.04. The van der Waals surface area contributed by atoms with Crippen LogP contribution in [0, 0.1) is 3.57 Å². The van der Waals surface area contributed by atoms with Gasteiger partial charge in [-0.25, -0.2) is 4.98 Å². The molecule has 1 N–H and O–H groups in total. The van der Waals surface area contributed by atoms with E-state index in [9.17, 15) is 4.79 Å². The van der Waals surface area contributed by atoms with E-state index in [1.54, 1.807) is 0 Å². The molecule has 1 rings (SSSR count). The van der Waals surface area contributed by atoms with E-state index in [2.05, 4.69) is 28.7 Å². The van der Waals surface area contributed by atoms with E-state index in [4.69, 9.17) is 0 Å². The van der Waals surface area contributed by atoms with Gasteiger partial charge in [-0.05, 0) is 35.4 Å². The van der Waals surface area contributed by atoms with Gasteiger partial charge in [0.15, 0.2) is 0 Å². The molecule has 0 aliphatic carbocycles. The van der Waals surface area contributed by atoms with Crippen molar-refractivity contribution in [1.82, 2.24) is 9.97 Å². The second-order valence-electron chi connectivity index (χ2n) is 3.45. The number of H-pyrrole nitrogens is 1. The van der Waals surface area contributed by atoms with Gasteiger partial charge < -0.3 is 9.88 Å². The van der Waals surface area contributed by atoms with Gasteiger partial charge >= 0.3 is 0 Å². The Morgan fingerprint density at radius 3 is 2.67 bits per heavy atom. The van der Waals surface area contributed by atoms with Crippen molar-refractivity contribution in [3.63, 3.8) is 0 Å². The van der Waals surface area contributed by atoms with E-state index < -0.39 is 0 Å². The smallest absolute Gasteiger partial charge is 0.266 e. The van der Waals surface area contributed by atoms with E-state index >= 15 is 0 Å². The summed E-state index contributed by atoms with van der Waals surface area (Å²) in [7, 11) is 1.99. The van der Waals surface area contributed by atoms with Crippen molar-refractivity contribution in [2.24, 2.45) is 0 Å². The van der Waals surface area contributed by atoms with Gasteiger partial charge in [-0.1, -0.05) is 13.8 Å². The number of nitrogens with zero attached hydrogens (tertiary/aromatic N) is 2. The molecule has 15 heavy (non-hydrogen) atoms. The molecule has 0 spiro atoms. The van der Waals surface area contributed by atoms with Crippen LogP contribution in [0.5, 0.6) is 0 Å². The summed E-state index contributed by atoms with van der Waals surface area (Å²) < 4.78 is 0.657. The standard InChI is InChI=1S/C10H16IN3O/c1-4-7(5-2)14(3)9-8(11)10(15)13-6-12-9/h6-7H,4-5H2,1-3H3,(H,12,13,15). The van der Waals surface area contributed by atoms with Gasteiger partial charge in [-0.15, -0.1) is 0 Å². The average Bonchev–Trinajstić information content (AvgIpc) is 2.23. The highest BCUT2D eigenvalue weighted by atomic mass is 127. The Morgan fingerprint density at radius 2 is 2.13 bits per heavy atom. The monoisotopic (exact) mass is 321 g/mol. The van der Waals surface area contributed by atoms with Crippen LogP contribution >= 0.6 is 22.6 Å². The number of aromatic amines is 1. The Labute approximate surface area is 103 Å². The lowest BCUT2D eigenvalue weighted by Gasteiger charge is -2.27. The Morgan fingerprint density at radius 1 is 1.53 bits per heavy atom. The highest BCUT2D eigenvalue weighted by Crippen LogP contribution is 2.18. The molecule has 0 radical (unpaired) electrons. The molecule has 0 amide bonds. The molecule has 0 aliphatic rings. The third-order valence-corrected chi connectivity index (χ3v) is 3.57. The summed E-state index contributed by atoms with van der Waals surface area (Å²) in [5, 5.41) is 0. The van der Waals surface area contributed by atoms with Crippen molar-refractivity contribution in [3.8, 4) is 0 Å². The molecule has 0 saturated carbocycles. The Kier molecular flexibility index (Phi) is 4.56. The molecule has 4 nitrogen and oxygen atoms in total. The zero-order valence-corrected chi connectivity index (χ0v) is 11.4. The predicted octanol–water partition coefficient (Wildman–Crippen LogP) is 2.00. The van der Waals surface area contributed by atoms with Crippen molar-refractivity contribution in [1.29, 1.82) is 0 Å². The van der Waals surface area contributed by atoms with Crippen LogP contribution in [-0.4, -0.2) is 23.1 Å². The second kappa shape index (κ2) is 5.48. The van der Waals surface area contributed by atoms with Crippen molar-refractivity contribution < 1.29 is 0 Å². The minimum atomic E-state index is -0.0709. The third-order valence-electron chi connectivity index (χ3n) is 2.60. The van der Waals surface area contributed by atoms with Crippen LogP contribution in [0.2, 0.25) is 0 Å². The molecule has 1 aromatic rings. The fourth-order valence-electron chi connectivity index (χ4n) is 1.63. The molecule has 0 aromatic carbocycles. The quantitative estimate of drug-likeness (QED) is 0.863.